The molecule has 3 nitrogen and oxygen atoms in total. The van der Waals surface area contributed by atoms with Gasteiger partial charge in [0.2, 0.25) is 0 Å². The average Bonchev–Trinajstić information content (AvgIpc) is 2.53. The smallest absolute Gasteiger partial charge is 0.140 e. The van der Waals surface area contributed by atoms with E-state index in [1.165, 1.54) is 12.2 Å². The van der Waals surface area contributed by atoms with Gasteiger partial charge < -0.3 is 5.32 Å². The number of fused-ring (bicyclic) bond motifs is 2. The molecule has 1 N–H and O–H groups in total. The molecular formula is C15H26N2OS. The molecule has 2 aliphatic heterocycles. The van der Waals surface area contributed by atoms with Crippen molar-refractivity contribution in [3.8, 4) is 0 Å². The zero-order valence-electron chi connectivity index (χ0n) is 12.0. The quantitative estimate of drug-likeness (QED) is 0.742. The summed E-state index contributed by atoms with van der Waals surface area (Å²) in [6.45, 7) is 4.31. The van der Waals surface area contributed by atoms with Crippen LogP contribution in [0.25, 0.3) is 0 Å². The molecule has 0 aromatic rings. The van der Waals surface area contributed by atoms with Crippen molar-refractivity contribution in [2.24, 2.45) is 10.9 Å². The van der Waals surface area contributed by atoms with Crippen LogP contribution in [0.15, 0.2) is 4.99 Å². The Kier molecular flexibility index (Phi) is 3.40. The van der Waals surface area contributed by atoms with E-state index < -0.39 is 0 Å². The Labute approximate surface area is 121 Å². The Morgan fingerprint density at radius 1 is 1.32 bits per heavy atom. The number of thioether (sulfide) groups is 1. The summed E-state index contributed by atoms with van der Waals surface area (Å²) in [5.74, 6) is 3.96. The second kappa shape index (κ2) is 4.80. The summed E-state index contributed by atoms with van der Waals surface area (Å²) in [5, 5.41) is 3.54. The van der Waals surface area contributed by atoms with E-state index in [1.807, 2.05) is 11.8 Å². The lowest BCUT2D eigenvalue weighted by atomic mass is 9.61. The number of rotatable bonds is 0. The van der Waals surface area contributed by atoms with Crippen LogP contribution in [0.4, 0.5) is 0 Å². The molecule has 108 valence electrons. The highest BCUT2D eigenvalue weighted by Gasteiger charge is 2.56. The molecule has 3 rings (SSSR count). The van der Waals surface area contributed by atoms with Gasteiger partial charge in [0.05, 0.1) is 17.3 Å². The highest BCUT2D eigenvalue weighted by atomic mass is 32.2. The van der Waals surface area contributed by atoms with Gasteiger partial charge in [-0.15, -0.1) is 0 Å². The topological polar surface area (TPSA) is 41.5 Å². The van der Waals surface area contributed by atoms with Crippen LogP contribution in [0.1, 0.15) is 53.8 Å². The van der Waals surface area contributed by atoms with Crippen molar-refractivity contribution in [2.45, 2.75) is 63.5 Å². The summed E-state index contributed by atoms with van der Waals surface area (Å²) in [6.07, 6.45) is 6.24. The maximum Gasteiger partial charge on any atom is 0.140 e. The lowest BCUT2D eigenvalue weighted by molar-refractivity contribution is -0.131. The summed E-state index contributed by atoms with van der Waals surface area (Å²) in [6, 6.07) is 0. The third-order valence-corrected chi connectivity index (χ3v) is 6.12. The number of nitrogens with zero attached hydrogens (tertiary/aromatic N) is 1. The van der Waals surface area contributed by atoms with Crippen molar-refractivity contribution in [3.05, 3.63) is 0 Å². The Balaban J connectivity index is 0.00000147. The molecule has 1 saturated heterocycles. The SMILES string of the molecule is CC1=NC2(CCCSCC2)C2C(=O)CCCC2(C)N1.[HH]. The first-order valence-corrected chi connectivity index (χ1v) is 8.66. The fraction of sp³-hybridized carbons (Fsp3) is 0.867. The van der Waals surface area contributed by atoms with Gasteiger partial charge in [0.25, 0.3) is 0 Å². The first-order chi connectivity index (χ1) is 9.06. The number of hydrogen-bond donors (Lipinski definition) is 1. The van der Waals surface area contributed by atoms with Crippen LogP contribution in [0.2, 0.25) is 0 Å². The largest absolute Gasteiger partial charge is 0.368 e. The van der Waals surface area contributed by atoms with Crippen LogP contribution < -0.4 is 5.32 Å². The zero-order chi connectivity index (χ0) is 13.5. The van der Waals surface area contributed by atoms with E-state index in [-0.39, 0.29) is 18.4 Å². The monoisotopic (exact) mass is 282 g/mol. The number of nitrogens with one attached hydrogen (secondary N) is 1. The number of hydrogen-bond acceptors (Lipinski definition) is 4. The Morgan fingerprint density at radius 3 is 3.00 bits per heavy atom. The van der Waals surface area contributed by atoms with Crippen LogP contribution in [0, 0.1) is 5.92 Å². The summed E-state index contributed by atoms with van der Waals surface area (Å²) >= 11 is 2.02. The molecule has 19 heavy (non-hydrogen) atoms. The molecule has 0 radical (unpaired) electrons. The van der Waals surface area contributed by atoms with Crippen molar-refractivity contribution in [3.63, 3.8) is 0 Å². The molecule has 1 spiro atoms. The number of Topliss-reactive ketones (excluding diaryl/α,β-unsaturated/α-hetero) is 1. The number of aliphatic imine (C=N–C) groups is 1. The maximum absolute atomic E-state index is 12.6. The van der Waals surface area contributed by atoms with Gasteiger partial charge in [-0.25, -0.2) is 0 Å². The van der Waals surface area contributed by atoms with E-state index in [1.54, 1.807) is 0 Å². The van der Waals surface area contributed by atoms with Gasteiger partial charge in [-0.1, -0.05) is 0 Å². The van der Waals surface area contributed by atoms with Crippen LogP contribution in [0.5, 0.6) is 0 Å². The predicted molar refractivity (Wildman–Crippen MR) is 83.0 cm³/mol. The highest BCUT2D eigenvalue weighted by Crippen LogP contribution is 2.47. The molecular weight excluding hydrogens is 256 g/mol. The minimum atomic E-state index is -0.106. The Morgan fingerprint density at radius 2 is 2.16 bits per heavy atom. The third-order valence-electron chi connectivity index (χ3n) is 5.05. The molecule has 2 heterocycles. The lowest BCUT2D eigenvalue weighted by Crippen LogP contribution is -2.66. The van der Waals surface area contributed by atoms with Gasteiger partial charge in [0.15, 0.2) is 0 Å². The van der Waals surface area contributed by atoms with Crippen LogP contribution in [-0.2, 0) is 4.79 Å². The summed E-state index contributed by atoms with van der Waals surface area (Å²) in [5.41, 5.74) is -0.165. The molecule has 3 unspecified atom stereocenters. The summed E-state index contributed by atoms with van der Waals surface area (Å²) in [4.78, 5) is 17.6. The Bertz CT molecular complexity index is 418. The van der Waals surface area contributed by atoms with E-state index >= 15 is 0 Å². The standard InChI is InChI=1S/C15H24N2OS.H2/c1-11-16-14(2)6-3-5-12(18)13(14)15(17-11)7-4-9-19-10-8-15;/h13H,3-10H2,1-2H3,(H,16,17);1H. The second-order valence-electron chi connectivity index (χ2n) is 6.56. The van der Waals surface area contributed by atoms with Crippen molar-refractivity contribution in [2.75, 3.05) is 11.5 Å². The number of ketones is 1. The van der Waals surface area contributed by atoms with Gasteiger partial charge in [-0.2, -0.15) is 11.8 Å². The van der Waals surface area contributed by atoms with Gasteiger partial charge in [0.1, 0.15) is 5.78 Å². The van der Waals surface area contributed by atoms with Crippen molar-refractivity contribution in [1.82, 2.24) is 5.32 Å². The molecule has 3 aliphatic rings. The first kappa shape index (κ1) is 13.5. The van der Waals surface area contributed by atoms with Crippen molar-refractivity contribution < 1.29 is 6.22 Å². The third kappa shape index (κ3) is 2.22. The minimum absolute atomic E-state index is 0. The molecule has 0 bridgehead atoms. The maximum atomic E-state index is 12.6. The lowest BCUT2D eigenvalue weighted by Gasteiger charge is -2.53. The fourth-order valence-corrected chi connectivity index (χ4v) is 5.55. The van der Waals surface area contributed by atoms with E-state index in [0.29, 0.717) is 5.78 Å². The number of amidine groups is 1. The Hall–Kier alpha value is -0.510. The van der Waals surface area contributed by atoms with Gasteiger partial charge in [-0.3, -0.25) is 9.79 Å². The first-order valence-electron chi connectivity index (χ1n) is 7.51. The van der Waals surface area contributed by atoms with Crippen molar-refractivity contribution >= 4 is 23.4 Å². The molecule has 3 atom stereocenters. The highest BCUT2D eigenvalue weighted by molar-refractivity contribution is 7.99. The zero-order valence-corrected chi connectivity index (χ0v) is 12.8. The summed E-state index contributed by atoms with van der Waals surface area (Å²) in [7, 11) is 0. The number of carbonyl (C=O) groups excluding carboxylic acids is 1. The predicted octanol–water partition coefficient (Wildman–Crippen LogP) is 3.04. The molecule has 0 aromatic carbocycles. The van der Waals surface area contributed by atoms with Crippen LogP contribution in [0.3, 0.4) is 0 Å². The van der Waals surface area contributed by atoms with Crippen LogP contribution >= 0.6 is 11.8 Å². The molecule has 4 heteroatoms. The normalized spacial score (nSPS) is 43.2. The fourth-order valence-electron chi connectivity index (χ4n) is 4.50. The van der Waals surface area contributed by atoms with Gasteiger partial charge in [0, 0.05) is 13.4 Å². The van der Waals surface area contributed by atoms with E-state index in [4.69, 9.17) is 4.99 Å². The summed E-state index contributed by atoms with van der Waals surface area (Å²) < 4.78 is 0. The average molecular weight is 282 g/mol. The van der Waals surface area contributed by atoms with Gasteiger partial charge >= 0.3 is 0 Å². The molecule has 1 saturated carbocycles. The molecule has 1 aliphatic carbocycles. The molecule has 0 amide bonds. The molecule has 0 aromatic heterocycles. The van der Waals surface area contributed by atoms with Crippen LogP contribution in [-0.4, -0.2) is 34.2 Å². The number of carbonyl (C=O) groups is 1. The second-order valence-corrected chi connectivity index (χ2v) is 7.79. The molecule has 2 fully saturated rings. The van der Waals surface area contributed by atoms with E-state index in [2.05, 4.69) is 19.2 Å². The minimum Gasteiger partial charge on any atom is -0.368 e. The van der Waals surface area contributed by atoms with E-state index in [0.717, 1.165) is 43.7 Å². The van der Waals surface area contributed by atoms with Gasteiger partial charge in [-0.05, 0) is 57.5 Å². The van der Waals surface area contributed by atoms with E-state index in [9.17, 15) is 4.79 Å². The van der Waals surface area contributed by atoms with Crippen molar-refractivity contribution in [1.29, 1.82) is 0 Å².